The number of anilines is 3. The highest BCUT2D eigenvalue weighted by molar-refractivity contribution is 7.92. The zero-order valence-corrected chi connectivity index (χ0v) is 15.4. The zero-order chi connectivity index (χ0) is 20.3. The van der Waals surface area contributed by atoms with E-state index in [0.29, 0.717) is 22.5 Å². The molecule has 3 rings (SSSR count). The first-order valence-corrected chi connectivity index (χ1v) is 9.73. The lowest BCUT2D eigenvalue weighted by atomic mass is 10.1. The van der Waals surface area contributed by atoms with Crippen LogP contribution in [0.3, 0.4) is 0 Å². The summed E-state index contributed by atoms with van der Waals surface area (Å²) in [5, 5.41) is 2.62. The highest BCUT2D eigenvalue weighted by atomic mass is 32.2. The van der Waals surface area contributed by atoms with E-state index in [1.54, 1.807) is 24.3 Å². The van der Waals surface area contributed by atoms with Gasteiger partial charge in [0.1, 0.15) is 5.69 Å². The Kier molecular flexibility index (Phi) is 5.18. The largest absolute Gasteiger partial charge is 0.397 e. The second-order valence-electron chi connectivity index (χ2n) is 5.79. The minimum Gasteiger partial charge on any atom is -0.397 e. The van der Waals surface area contributed by atoms with Crippen LogP contribution in [0.15, 0.2) is 48.9 Å². The summed E-state index contributed by atoms with van der Waals surface area (Å²) in [5.41, 5.74) is 7.84. The summed E-state index contributed by atoms with van der Waals surface area (Å²) in [4.78, 5) is 23.7. The van der Waals surface area contributed by atoms with Gasteiger partial charge in [0.25, 0.3) is 5.91 Å². The summed E-state index contributed by atoms with van der Waals surface area (Å²) in [5.74, 6) is -1.19. The number of nitrogens with two attached hydrogens (primary N) is 1. The lowest BCUT2D eigenvalue weighted by Crippen LogP contribution is -2.16. The maximum atomic E-state index is 13.0. The summed E-state index contributed by atoms with van der Waals surface area (Å²) >= 11 is 0. The van der Waals surface area contributed by atoms with Crippen LogP contribution < -0.4 is 15.8 Å². The SMILES string of the molecule is CS(=O)(=O)Nc1cnc(C(=O)Nc2cc(-c3ccc(F)nc3)ccc2N)cn1. The van der Waals surface area contributed by atoms with Gasteiger partial charge in [-0.1, -0.05) is 6.07 Å². The van der Waals surface area contributed by atoms with Gasteiger partial charge >= 0.3 is 0 Å². The van der Waals surface area contributed by atoms with Gasteiger partial charge in [-0.3, -0.25) is 9.52 Å². The third-order valence-corrected chi connectivity index (χ3v) is 4.12. The standard InChI is InChI=1S/C17H15FN6O3S/c1-28(26,27)24-16-9-20-14(8-22-16)17(25)23-13-6-10(2-4-12(13)19)11-3-5-15(18)21-7-11/h2-9H,19H2,1H3,(H,22,24)(H,23,25). The minimum atomic E-state index is -3.50. The molecular weight excluding hydrogens is 387 g/mol. The van der Waals surface area contributed by atoms with Crippen molar-refractivity contribution in [1.29, 1.82) is 0 Å². The van der Waals surface area contributed by atoms with Crippen LogP contribution in [0.2, 0.25) is 0 Å². The van der Waals surface area contributed by atoms with E-state index in [9.17, 15) is 17.6 Å². The topological polar surface area (TPSA) is 140 Å². The van der Waals surface area contributed by atoms with Crippen LogP contribution in [0.5, 0.6) is 0 Å². The molecule has 1 aromatic carbocycles. The third-order valence-electron chi connectivity index (χ3n) is 3.54. The first-order valence-electron chi connectivity index (χ1n) is 7.84. The molecule has 0 aliphatic heterocycles. The van der Waals surface area contributed by atoms with Crippen LogP contribution in [-0.2, 0) is 10.0 Å². The van der Waals surface area contributed by atoms with Gasteiger partial charge in [-0.15, -0.1) is 0 Å². The lowest BCUT2D eigenvalue weighted by molar-refractivity contribution is 0.102. The van der Waals surface area contributed by atoms with Gasteiger partial charge in [0.2, 0.25) is 16.0 Å². The first kappa shape index (κ1) is 19.2. The van der Waals surface area contributed by atoms with E-state index < -0.39 is 21.9 Å². The Morgan fingerprint density at radius 1 is 1.04 bits per heavy atom. The molecule has 3 aromatic rings. The number of amides is 1. The summed E-state index contributed by atoms with van der Waals surface area (Å²) < 4.78 is 37.5. The average Bonchev–Trinajstić information content (AvgIpc) is 2.63. The average molecular weight is 402 g/mol. The Hall–Kier alpha value is -3.60. The number of aromatic nitrogens is 3. The number of nitrogens with one attached hydrogen (secondary N) is 2. The van der Waals surface area contributed by atoms with Crippen LogP contribution in [0.4, 0.5) is 21.6 Å². The number of nitrogen functional groups attached to an aromatic ring is 1. The molecule has 2 aromatic heterocycles. The van der Waals surface area contributed by atoms with Crippen LogP contribution in [0, 0.1) is 5.95 Å². The maximum absolute atomic E-state index is 13.0. The minimum absolute atomic E-state index is 0.00984. The fourth-order valence-electron chi connectivity index (χ4n) is 2.26. The number of carbonyl (C=O) groups excluding carboxylic acids is 1. The van der Waals surface area contributed by atoms with Gasteiger partial charge in [-0.25, -0.2) is 23.4 Å². The number of nitrogens with zero attached hydrogens (tertiary/aromatic N) is 3. The molecule has 0 bridgehead atoms. The van der Waals surface area contributed by atoms with Gasteiger partial charge < -0.3 is 11.1 Å². The molecule has 28 heavy (non-hydrogen) atoms. The molecule has 9 nitrogen and oxygen atoms in total. The number of halogens is 1. The van der Waals surface area contributed by atoms with Crippen molar-refractivity contribution in [1.82, 2.24) is 15.0 Å². The quantitative estimate of drug-likeness (QED) is 0.437. The molecule has 0 fully saturated rings. The van der Waals surface area contributed by atoms with Crippen molar-refractivity contribution in [2.24, 2.45) is 0 Å². The monoisotopic (exact) mass is 402 g/mol. The second-order valence-corrected chi connectivity index (χ2v) is 7.54. The Morgan fingerprint density at radius 3 is 2.39 bits per heavy atom. The molecule has 4 N–H and O–H groups in total. The molecule has 0 atom stereocenters. The smallest absolute Gasteiger partial charge is 0.275 e. The number of hydrogen-bond donors (Lipinski definition) is 3. The van der Waals surface area contributed by atoms with Crippen molar-refractivity contribution >= 4 is 33.1 Å². The van der Waals surface area contributed by atoms with Crippen molar-refractivity contribution in [3.05, 3.63) is 60.6 Å². The van der Waals surface area contributed by atoms with Gasteiger partial charge in [0.15, 0.2) is 5.82 Å². The van der Waals surface area contributed by atoms with Crippen LogP contribution in [0.1, 0.15) is 10.5 Å². The molecule has 0 radical (unpaired) electrons. The van der Waals surface area contributed by atoms with Crippen molar-refractivity contribution < 1.29 is 17.6 Å². The highest BCUT2D eigenvalue weighted by Crippen LogP contribution is 2.27. The molecule has 0 saturated carbocycles. The fourth-order valence-corrected chi connectivity index (χ4v) is 2.75. The molecule has 0 aliphatic carbocycles. The predicted molar refractivity (Wildman–Crippen MR) is 102 cm³/mol. The molecule has 144 valence electrons. The number of hydrogen-bond acceptors (Lipinski definition) is 7. The normalized spacial score (nSPS) is 11.1. The van der Waals surface area contributed by atoms with E-state index in [1.807, 2.05) is 0 Å². The van der Waals surface area contributed by atoms with E-state index in [1.165, 1.54) is 12.3 Å². The number of carbonyl (C=O) groups is 1. The van der Waals surface area contributed by atoms with Crippen LogP contribution >= 0.6 is 0 Å². The van der Waals surface area contributed by atoms with E-state index >= 15 is 0 Å². The molecule has 0 spiro atoms. The number of benzene rings is 1. The van der Waals surface area contributed by atoms with Crippen LogP contribution in [-0.4, -0.2) is 35.5 Å². The summed E-state index contributed by atoms with van der Waals surface area (Å²) in [6, 6.07) is 7.71. The molecule has 2 heterocycles. The predicted octanol–water partition coefficient (Wildman–Crippen LogP) is 1.88. The fraction of sp³-hybridized carbons (Fsp3) is 0.0588. The summed E-state index contributed by atoms with van der Waals surface area (Å²) in [6.45, 7) is 0. The molecular formula is C17H15FN6O3S. The van der Waals surface area contributed by atoms with Gasteiger partial charge in [-0.2, -0.15) is 4.39 Å². The van der Waals surface area contributed by atoms with Gasteiger partial charge in [0.05, 0.1) is 30.0 Å². The summed E-state index contributed by atoms with van der Waals surface area (Å²) in [7, 11) is -3.50. The lowest BCUT2D eigenvalue weighted by Gasteiger charge is -2.10. The van der Waals surface area contributed by atoms with E-state index in [4.69, 9.17) is 5.73 Å². The van der Waals surface area contributed by atoms with E-state index in [0.717, 1.165) is 18.6 Å². The number of rotatable bonds is 5. The Morgan fingerprint density at radius 2 is 1.79 bits per heavy atom. The summed E-state index contributed by atoms with van der Waals surface area (Å²) in [6.07, 6.45) is 4.60. The van der Waals surface area contributed by atoms with Crippen LogP contribution in [0.25, 0.3) is 11.1 Å². The molecule has 0 aliphatic rings. The van der Waals surface area contributed by atoms with E-state index in [2.05, 4.69) is 25.0 Å². The molecule has 0 saturated heterocycles. The molecule has 11 heteroatoms. The van der Waals surface area contributed by atoms with E-state index in [-0.39, 0.29) is 11.5 Å². The zero-order valence-electron chi connectivity index (χ0n) is 14.5. The van der Waals surface area contributed by atoms with Gasteiger partial charge in [-0.05, 0) is 29.8 Å². The molecule has 0 unspecified atom stereocenters. The van der Waals surface area contributed by atoms with Crippen molar-refractivity contribution in [2.45, 2.75) is 0 Å². The number of sulfonamides is 1. The Balaban J connectivity index is 1.80. The first-order chi connectivity index (χ1) is 13.2. The maximum Gasteiger partial charge on any atom is 0.275 e. The second kappa shape index (κ2) is 7.56. The molecule has 1 amide bonds. The van der Waals surface area contributed by atoms with Gasteiger partial charge in [0, 0.05) is 11.8 Å². The van der Waals surface area contributed by atoms with Crippen molar-refractivity contribution in [3.63, 3.8) is 0 Å². The Bertz CT molecular complexity index is 1120. The van der Waals surface area contributed by atoms with Crippen molar-refractivity contribution in [2.75, 3.05) is 22.0 Å². The Labute approximate surface area is 159 Å². The number of pyridine rings is 1. The van der Waals surface area contributed by atoms with Crippen molar-refractivity contribution in [3.8, 4) is 11.1 Å². The third kappa shape index (κ3) is 4.76. The highest BCUT2D eigenvalue weighted by Gasteiger charge is 2.12.